The van der Waals surface area contributed by atoms with Crippen molar-refractivity contribution in [1.82, 2.24) is 9.47 Å². The average Bonchev–Trinajstić information content (AvgIpc) is 3.40. The van der Waals surface area contributed by atoms with Crippen LogP contribution in [-0.2, 0) is 21.4 Å². The Labute approximate surface area is 146 Å². The van der Waals surface area contributed by atoms with Crippen LogP contribution in [-0.4, -0.2) is 41.5 Å². The summed E-state index contributed by atoms with van der Waals surface area (Å²) in [4.78, 5) is 26.5. The molecule has 1 amide bonds. The topological polar surface area (TPSA) is 51.5 Å². The molecule has 0 radical (unpaired) electrons. The minimum atomic E-state index is -0.903. The first-order valence-electron chi connectivity index (χ1n) is 8.68. The van der Waals surface area contributed by atoms with Crippen LogP contribution in [0, 0.1) is 5.41 Å². The van der Waals surface area contributed by atoms with Crippen LogP contribution in [0.15, 0.2) is 36.5 Å². The second kappa shape index (κ2) is 5.76. The number of methoxy groups -OCH3 is 1. The van der Waals surface area contributed by atoms with Gasteiger partial charge >= 0.3 is 5.97 Å². The maximum absolute atomic E-state index is 12.7. The number of hydrogen-bond acceptors (Lipinski definition) is 3. The number of aromatic nitrogens is 1. The molecule has 0 spiro atoms. The molecule has 0 N–H and O–H groups in total. The van der Waals surface area contributed by atoms with Gasteiger partial charge in [0.1, 0.15) is 5.41 Å². The van der Waals surface area contributed by atoms with Crippen molar-refractivity contribution in [2.45, 2.75) is 19.3 Å². The molecule has 1 saturated carbocycles. The van der Waals surface area contributed by atoms with Gasteiger partial charge in [0, 0.05) is 42.8 Å². The quantitative estimate of drug-likeness (QED) is 0.639. The maximum Gasteiger partial charge on any atom is 0.321 e. The first-order chi connectivity index (χ1) is 12.1. The van der Waals surface area contributed by atoms with Crippen LogP contribution in [0.3, 0.4) is 0 Å². The van der Waals surface area contributed by atoms with Gasteiger partial charge in [-0.05, 0) is 30.9 Å². The van der Waals surface area contributed by atoms with Crippen molar-refractivity contribution < 1.29 is 14.3 Å². The van der Waals surface area contributed by atoms with E-state index in [4.69, 9.17) is 4.74 Å². The highest BCUT2D eigenvalue weighted by Crippen LogP contribution is 2.48. The lowest BCUT2D eigenvalue weighted by Gasteiger charge is -2.29. The van der Waals surface area contributed by atoms with Crippen LogP contribution in [0.5, 0.6) is 0 Å². The number of ether oxygens (including phenoxy) is 1. The number of benzene rings is 1. The van der Waals surface area contributed by atoms with Crippen molar-refractivity contribution >= 4 is 28.4 Å². The van der Waals surface area contributed by atoms with Crippen molar-refractivity contribution in [1.29, 1.82) is 0 Å². The zero-order chi connectivity index (χ0) is 17.6. The number of esters is 1. The summed E-state index contributed by atoms with van der Waals surface area (Å²) in [5.41, 5.74) is 2.81. The maximum atomic E-state index is 12.7. The molecule has 5 heteroatoms. The summed E-state index contributed by atoms with van der Waals surface area (Å²) < 4.78 is 6.96. The predicted molar refractivity (Wildman–Crippen MR) is 95.8 cm³/mol. The van der Waals surface area contributed by atoms with E-state index in [0.717, 1.165) is 6.42 Å². The number of nitrogens with zero attached hydrogens (tertiary/aromatic N) is 2. The van der Waals surface area contributed by atoms with Crippen molar-refractivity contribution in [2.75, 3.05) is 20.2 Å². The van der Waals surface area contributed by atoms with Crippen LogP contribution in [0.4, 0.5) is 0 Å². The number of rotatable bonds is 3. The van der Waals surface area contributed by atoms with Crippen LogP contribution in [0.1, 0.15) is 24.8 Å². The third-order valence-corrected chi connectivity index (χ3v) is 5.47. The van der Waals surface area contributed by atoms with Gasteiger partial charge in [0.15, 0.2) is 0 Å². The molecular formula is C20H22N2O3. The van der Waals surface area contributed by atoms with Crippen LogP contribution >= 0.6 is 0 Å². The summed E-state index contributed by atoms with van der Waals surface area (Å²) in [7, 11) is 3.41. The SMILES string of the molecule is COC(=O)C1(C(=O)N2CC=C(c3cn(C)c4ccccc34)CC2)CC1. The molecule has 130 valence electrons. The molecule has 0 unspecified atom stereocenters. The van der Waals surface area contributed by atoms with E-state index in [2.05, 4.69) is 42.1 Å². The van der Waals surface area contributed by atoms with Crippen molar-refractivity contribution in [3.05, 3.63) is 42.1 Å². The molecule has 2 aromatic rings. The normalized spacial score (nSPS) is 18.8. The third-order valence-electron chi connectivity index (χ3n) is 5.47. The lowest BCUT2D eigenvalue weighted by atomic mass is 9.97. The van der Waals surface area contributed by atoms with Crippen LogP contribution < -0.4 is 0 Å². The van der Waals surface area contributed by atoms with E-state index in [-0.39, 0.29) is 11.9 Å². The first kappa shape index (κ1) is 15.9. The molecule has 1 aliphatic carbocycles. The Bertz CT molecular complexity index is 889. The van der Waals surface area contributed by atoms with Crippen LogP contribution in [0.2, 0.25) is 0 Å². The highest BCUT2D eigenvalue weighted by molar-refractivity contribution is 6.06. The molecule has 2 heterocycles. The summed E-state index contributed by atoms with van der Waals surface area (Å²) in [5.74, 6) is -0.464. The third kappa shape index (κ3) is 2.46. The van der Waals surface area contributed by atoms with Crippen molar-refractivity contribution in [2.24, 2.45) is 12.5 Å². The Balaban J connectivity index is 1.56. The lowest BCUT2D eigenvalue weighted by Crippen LogP contribution is -2.43. The molecule has 4 rings (SSSR count). The zero-order valence-corrected chi connectivity index (χ0v) is 14.6. The Morgan fingerprint density at radius 1 is 1.20 bits per heavy atom. The Morgan fingerprint density at radius 2 is 1.96 bits per heavy atom. The van der Waals surface area contributed by atoms with Crippen molar-refractivity contribution in [3.63, 3.8) is 0 Å². The molecule has 5 nitrogen and oxygen atoms in total. The number of carbonyl (C=O) groups is 2. The number of para-hydroxylation sites is 1. The van der Waals surface area contributed by atoms with E-state index < -0.39 is 5.41 Å². The van der Waals surface area contributed by atoms with Crippen LogP contribution in [0.25, 0.3) is 16.5 Å². The molecule has 1 aromatic heterocycles. The Hall–Kier alpha value is -2.56. The van der Waals surface area contributed by atoms with E-state index in [1.54, 1.807) is 4.90 Å². The van der Waals surface area contributed by atoms with Gasteiger partial charge in [-0.25, -0.2) is 0 Å². The summed E-state index contributed by atoms with van der Waals surface area (Å²) >= 11 is 0. The molecule has 1 aromatic carbocycles. The van der Waals surface area contributed by atoms with E-state index >= 15 is 0 Å². The second-order valence-electron chi connectivity index (χ2n) is 6.98. The van der Waals surface area contributed by atoms with E-state index in [0.29, 0.717) is 25.9 Å². The summed E-state index contributed by atoms with van der Waals surface area (Å²) in [6.07, 6.45) is 6.29. The van der Waals surface area contributed by atoms with E-state index in [1.807, 2.05) is 6.07 Å². The molecule has 1 fully saturated rings. The van der Waals surface area contributed by atoms with Gasteiger partial charge < -0.3 is 14.2 Å². The number of amides is 1. The lowest BCUT2D eigenvalue weighted by molar-refractivity contribution is -0.155. The molecule has 0 saturated heterocycles. The van der Waals surface area contributed by atoms with Gasteiger partial charge in [0.05, 0.1) is 7.11 Å². The Morgan fingerprint density at radius 3 is 2.60 bits per heavy atom. The van der Waals surface area contributed by atoms with Gasteiger partial charge in [-0.1, -0.05) is 24.3 Å². The number of fused-ring (bicyclic) bond motifs is 1. The fraction of sp³-hybridized carbons (Fsp3) is 0.400. The molecule has 25 heavy (non-hydrogen) atoms. The summed E-state index contributed by atoms with van der Waals surface area (Å²) in [6.45, 7) is 1.20. The van der Waals surface area contributed by atoms with E-state index in [1.165, 1.54) is 29.1 Å². The van der Waals surface area contributed by atoms with Crippen molar-refractivity contribution in [3.8, 4) is 0 Å². The van der Waals surface area contributed by atoms with E-state index in [9.17, 15) is 9.59 Å². The Kier molecular flexibility index (Phi) is 3.67. The highest BCUT2D eigenvalue weighted by Gasteiger charge is 2.59. The van der Waals surface area contributed by atoms with Gasteiger partial charge in [0.25, 0.3) is 0 Å². The highest BCUT2D eigenvalue weighted by atomic mass is 16.5. The monoisotopic (exact) mass is 338 g/mol. The largest absolute Gasteiger partial charge is 0.468 e. The summed E-state index contributed by atoms with van der Waals surface area (Å²) in [6, 6.07) is 8.35. The van der Waals surface area contributed by atoms with Gasteiger partial charge in [0.2, 0.25) is 5.91 Å². The molecule has 0 atom stereocenters. The fourth-order valence-electron chi connectivity index (χ4n) is 3.82. The van der Waals surface area contributed by atoms with Gasteiger partial charge in [-0.15, -0.1) is 0 Å². The standard InChI is InChI=1S/C20H22N2O3/c1-21-13-16(15-5-3-4-6-17(15)21)14-7-11-22(12-8-14)18(23)20(9-10-20)19(24)25-2/h3-7,13H,8-12H2,1-2H3. The van der Waals surface area contributed by atoms with Gasteiger partial charge in [-0.3, -0.25) is 9.59 Å². The summed E-state index contributed by atoms with van der Waals surface area (Å²) in [5, 5.41) is 1.24. The number of carbonyl (C=O) groups excluding carboxylic acids is 2. The van der Waals surface area contributed by atoms with Gasteiger partial charge in [-0.2, -0.15) is 0 Å². The first-order valence-corrected chi connectivity index (χ1v) is 8.68. The number of hydrogen-bond donors (Lipinski definition) is 0. The predicted octanol–water partition coefficient (Wildman–Crippen LogP) is 2.75. The zero-order valence-electron chi connectivity index (χ0n) is 14.6. The molecule has 0 bridgehead atoms. The smallest absolute Gasteiger partial charge is 0.321 e. The molecule has 2 aliphatic rings. The second-order valence-corrected chi connectivity index (χ2v) is 6.98. The number of aryl methyl sites for hydroxylation is 1. The molecule has 1 aliphatic heterocycles. The minimum Gasteiger partial charge on any atom is -0.468 e. The molecular weight excluding hydrogens is 316 g/mol. The minimum absolute atomic E-state index is 0.0763. The fourth-order valence-corrected chi connectivity index (χ4v) is 3.82. The average molecular weight is 338 g/mol.